The summed E-state index contributed by atoms with van der Waals surface area (Å²) in [5.41, 5.74) is 1.49. The van der Waals surface area contributed by atoms with Crippen LogP contribution in [-0.2, 0) is 11.3 Å². The van der Waals surface area contributed by atoms with Crippen LogP contribution in [0.1, 0.15) is 21.5 Å². The number of benzene rings is 2. The number of phenolic OH excluding ortho intramolecular Hbond substituents is 2. The first-order chi connectivity index (χ1) is 12.3. The highest BCUT2D eigenvalue weighted by Crippen LogP contribution is 2.34. The normalized spacial score (nSPS) is 15.7. The Labute approximate surface area is 158 Å². The number of carboxylic acids is 1. The second-order valence-electron chi connectivity index (χ2n) is 5.52. The number of rotatable bonds is 4. The molecular weight excluding hydrogens is 374 g/mol. The van der Waals surface area contributed by atoms with Crippen LogP contribution in [0, 0.1) is 0 Å². The predicted molar refractivity (Wildman–Crippen MR) is 102 cm³/mol. The molecule has 3 N–H and O–H groups in total. The summed E-state index contributed by atoms with van der Waals surface area (Å²) >= 11 is 6.42. The number of phenols is 2. The van der Waals surface area contributed by atoms with Crippen molar-refractivity contribution >= 4 is 46.3 Å². The molecule has 0 bridgehead atoms. The van der Waals surface area contributed by atoms with Gasteiger partial charge in [0.2, 0.25) is 0 Å². The number of hydrogen-bond donors (Lipinski definition) is 3. The second kappa shape index (κ2) is 7.19. The Morgan fingerprint density at radius 3 is 2.42 bits per heavy atom. The van der Waals surface area contributed by atoms with Gasteiger partial charge in [0.05, 0.1) is 17.0 Å². The Bertz CT molecular complexity index is 937. The summed E-state index contributed by atoms with van der Waals surface area (Å²) in [7, 11) is 0. The van der Waals surface area contributed by atoms with E-state index in [9.17, 15) is 19.8 Å². The summed E-state index contributed by atoms with van der Waals surface area (Å²) in [4.78, 5) is 25.3. The summed E-state index contributed by atoms with van der Waals surface area (Å²) < 4.78 is 0.385. The van der Waals surface area contributed by atoms with Crippen LogP contribution in [0.5, 0.6) is 11.5 Å². The standard InChI is InChI=1S/C18H13NO5S2/c20-13-6-3-11(7-14(13)21)9-19-16(22)15(26-18(19)25)8-10-1-4-12(5-2-10)17(23)24/h1-8,20-21H,9H2,(H,23,24). The zero-order valence-corrected chi connectivity index (χ0v) is 14.9. The Kier molecular flexibility index (Phi) is 4.97. The molecule has 26 heavy (non-hydrogen) atoms. The number of aromatic hydroxyl groups is 2. The van der Waals surface area contributed by atoms with E-state index in [0.29, 0.717) is 20.4 Å². The number of amides is 1. The van der Waals surface area contributed by atoms with E-state index in [1.165, 1.54) is 29.2 Å². The van der Waals surface area contributed by atoms with Gasteiger partial charge in [0.25, 0.3) is 5.91 Å². The molecule has 0 aliphatic carbocycles. The summed E-state index contributed by atoms with van der Waals surface area (Å²) in [6.45, 7) is 0.174. The van der Waals surface area contributed by atoms with E-state index in [1.807, 2.05) is 0 Å². The molecule has 2 aromatic carbocycles. The van der Waals surface area contributed by atoms with Crippen molar-refractivity contribution in [1.82, 2.24) is 4.90 Å². The maximum atomic E-state index is 12.6. The van der Waals surface area contributed by atoms with Crippen LogP contribution < -0.4 is 0 Å². The van der Waals surface area contributed by atoms with Gasteiger partial charge in [0.1, 0.15) is 4.32 Å². The first-order valence-electron chi connectivity index (χ1n) is 7.45. The summed E-state index contributed by atoms with van der Waals surface area (Å²) in [5, 5.41) is 27.8. The molecule has 3 rings (SSSR count). The summed E-state index contributed by atoms with van der Waals surface area (Å²) in [5.74, 6) is -1.78. The van der Waals surface area contributed by atoms with Gasteiger partial charge in [-0.1, -0.05) is 42.2 Å². The molecule has 0 radical (unpaired) electrons. The Morgan fingerprint density at radius 2 is 1.81 bits per heavy atom. The van der Waals surface area contributed by atoms with Crippen molar-refractivity contribution in [2.75, 3.05) is 0 Å². The van der Waals surface area contributed by atoms with Gasteiger partial charge in [-0.3, -0.25) is 9.69 Å². The number of thiocarbonyl (C=S) groups is 1. The molecule has 0 unspecified atom stereocenters. The monoisotopic (exact) mass is 387 g/mol. The zero-order chi connectivity index (χ0) is 18.8. The molecule has 6 nitrogen and oxygen atoms in total. The van der Waals surface area contributed by atoms with Gasteiger partial charge < -0.3 is 15.3 Å². The fourth-order valence-electron chi connectivity index (χ4n) is 2.36. The van der Waals surface area contributed by atoms with Crippen molar-refractivity contribution < 1.29 is 24.9 Å². The van der Waals surface area contributed by atoms with Crippen molar-refractivity contribution in [2.24, 2.45) is 0 Å². The summed E-state index contributed by atoms with van der Waals surface area (Å²) in [6.07, 6.45) is 1.65. The lowest BCUT2D eigenvalue weighted by atomic mass is 10.1. The van der Waals surface area contributed by atoms with Crippen LogP contribution in [0.3, 0.4) is 0 Å². The first kappa shape index (κ1) is 18.0. The molecule has 1 saturated heterocycles. The fourth-order valence-corrected chi connectivity index (χ4v) is 3.61. The van der Waals surface area contributed by atoms with E-state index in [2.05, 4.69) is 0 Å². The van der Waals surface area contributed by atoms with Gasteiger partial charge >= 0.3 is 5.97 Å². The minimum Gasteiger partial charge on any atom is -0.504 e. The highest BCUT2D eigenvalue weighted by atomic mass is 32.2. The minimum absolute atomic E-state index is 0.168. The smallest absolute Gasteiger partial charge is 0.335 e. The van der Waals surface area contributed by atoms with Crippen LogP contribution in [0.4, 0.5) is 0 Å². The third kappa shape index (κ3) is 3.71. The molecule has 1 aliphatic rings. The SMILES string of the molecule is O=C(O)c1ccc(C=C2SC(=S)N(Cc3ccc(O)c(O)c3)C2=O)cc1. The minimum atomic E-state index is -1.01. The van der Waals surface area contributed by atoms with Gasteiger partial charge in [0, 0.05) is 0 Å². The number of thioether (sulfide) groups is 1. The van der Waals surface area contributed by atoms with E-state index in [1.54, 1.807) is 24.3 Å². The van der Waals surface area contributed by atoms with Gasteiger partial charge in [-0.05, 0) is 41.5 Å². The van der Waals surface area contributed by atoms with E-state index in [-0.39, 0.29) is 29.5 Å². The third-order valence-corrected chi connectivity index (χ3v) is 5.09. The topological polar surface area (TPSA) is 98.1 Å². The largest absolute Gasteiger partial charge is 0.504 e. The molecule has 0 aromatic heterocycles. The molecule has 0 spiro atoms. The zero-order valence-electron chi connectivity index (χ0n) is 13.2. The highest BCUT2D eigenvalue weighted by Gasteiger charge is 2.32. The molecule has 1 heterocycles. The average Bonchev–Trinajstić information content (AvgIpc) is 2.86. The van der Waals surface area contributed by atoms with Crippen LogP contribution in [0.2, 0.25) is 0 Å². The van der Waals surface area contributed by atoms with Crippen molar-refractivity contribution in [2.45, 2.75) is 6.54 Å². The lowest BCUT2D eigenvalue weighted by Gasteiger charge is -2.14. The number of carbonyl (C=O) groups excluding carboxylic acids is 1. The van der Waals surface area contributed by atoms with Gasteiger partial charge in [-0.15, -0.1) is 0 Å². The number of carbonyl (C=O) groups is 2. The fraction of sp³-hybridized carbons (Fsp3) is 0.0556. The lowest BCUT2D eigenvalue weighted by molar-refractivity contribution is -0.122. The van der Waals surface area contributed by atoms with Crippen LogP contribution in [0.25, 0.3) is 6.08 Å². The van der Waals surface area contributed by atoms with Gasteiger partial charge in [-0.25, -0.2) is 4.79 Å². The average molecular weight is 387 g/mol. The Morgan fingerprint density at radius 1 is 1.12 bits per heavy atom. The van der Waals surface area contributed by atoms with E-state index in [4.69, 9.17) is 17.3 Å². The van der Waals surface area contributed by atoms with Crippen LogP contribution in [-0.4, -0.2) is 36.4 Å². The van der Waals surface area contributed by atoms with Crippen LogP contribution in [0.15, 0.2) is 47.4 Å². The Hall–Kier alpha value is -2.84. The maximum Gasteiger partial charge on any atom is 0.335 e. The number of carboxylic acid groups (broad SMARTS) is 1. The lowest BCUT2D eigenvalue weighted by Crippen LogP contribution is -2.27. The highest BCUT2D eigenvalue weighted by molar-refractivity contribution is 8.26. The van der Waals surface area contributed by atoms with E-state index >= 15 is 0 Å². The number of hydrogen-bond acceptors (Lipinski definition) is 6. The first-order valence-corrected chi connectivity index (χ1v) is 8.67. The molecule has 132 valence electrons. The van der Waals surface area contributed by atoms with E-state index < -0.39 is 5.97 Å². The van der Waals surface area contributed by atoms with Crippen molar-refractivity contribution in [1.29, 1.82) is 0 Å². The molecule has 8 heteroatoms. The predicted octanol–water partition coefficient (Wildman–Crippen LogP) is 3.20. The summed E-state index contributed by atoms with van der Waals surface area (Å²) in [6, 6.07) is 10.5. The molecule has 1 amide bonds. The molecule has 2 aromatic rings. The van der Waals surface area contributed by atoms with Crippen molar-refractivity contribution in [3.63, 3.8) is 0 Å². The molecule has 1 aliphatic heterocycles. The second-order valence-corrected chi connectivity index (χ2v) is 7.19. The van der Waals surface area contributed by atoms with Gasteiger partial charge in [0.15, 0.2) is 11.5 Å². The van der Waals surface area contributed by atoms with Crippen molar-refractivity contribution in [3.05, 3.63) is 64.1 Å². The van der Waals surface area contributed by atoms with Crippen LogP contribution >= 0.6 is 24.0 Å². The molecular formula is C18H13NO5S2. The van der Waals surface area contributed by atoms with E-state index in [0.717, 1.165) is 11.8 Å². The molecule has 1 fully saturated rings. The Balaban J connectivity index is 1.79. The number of nitrogens with zero attached hydrogens (tertiary/aromatic N) is 1. The molecule has 0 saturated carbocycles. The number of aromatic carboxylic acids is 1. The van der Waals surface area contributed by atoms with Crippen molar-refractivity contribution in [3.8, 4) is 11.5 Å². The third-order valence-electron chi connectivity index (χ3n) is 3.71. The molecule has 0 atom stereocenters. The van der Waals surface area contributed by atoms with Gasteiger partial charge in [-0.2, -0.15) is 0 Å². The maximum absolute atomic E-state index is 12.6. The quantitative estimate of drug-likeness (QED) is 0.421.